The van der Waals surface area contributed by atoms with Gasteiger partial charge in [-0.3, -0.25) is 0 Å². The van der Waals surface area contributed by atoms with Crippen LogP contribution in [0.5, 0.6) is 0 Å². The Labute approximate surface area is 106 Å². The van der Waals surface area contributed by atoms with E-state index in [1.807, 2.05) is 0 Å². The van der Waals surface area contributed by atoms with Crippen LogP contribution in [0.4, 0.5) is 0 Å². The zero-order valence-electron chi connectivity index (χ0n) is 10.4. The van der Waals surface area contributed by atoms with E-state index in [-0.39, 0.29) is 5.76 Å². The maximum atomic E-state index is 10.6. The number of furan rings is 1. The van der Waals surface area contributed by atoms with Crippen molar-refractivity contribution < 1.29 is 19.1 Å². The van der Waals surface area contributed by atoms with Crippen molar-refractivity contribution in [3.05, 3.63) is 23.7 Å². The van der Waals surface area contributed by atoms with E-state index in [9.17, 15) is 4.79 Å². The van der Waals surface area contributed by atoms with Gasteiger partial charge < -0.3 is 19.6 Å². The maximum Gasteiger partial charge on any atom is 0.371 e. The Morgan fingerprint density at radius 2 is 2.22 bits per heavy atom. The number of carboxylic acids is 1. The van der Waals surface area contributed by atoms with Crippen LogP contribution in [-0.4, -0.2) is 30.3 Å². The second-order valence-corrected chi connectivity index (χ2v) is 4.53. The zero-order valence-corrected chi connectivity index (χ0v) is 10.4. The first-order valence-corrected chi connectivity index (χ1v) is 6.40. The molecule has 0 aromatic carbocycles. The Hall–Kier alpha value is -1.33. The Bertz CT molecular complexity index is 382. The van der Waals surface area contributed by atoms with Crippen molar-refractivity contribution in [3.8, 4) is 0 Å². The first kappa shape index (κ1) is 13.1. The van der Waals surface area contributed by atoms with E-state index < -0.39 is 5.97 Å². The summed E-state index contributed by atoms with van der Waals surface area (Å²) in [6.45, 7) is 1.97. The zero-order chi connectivity index (χ0) is 12.8. The summed E-state index contributed by atoms with van der Waals surface area (Å²) in [4.78, 5) is 10.6. The number of ether oxygens (including phenoxy) is 1. The van der Waals surface area contributed by atoms with Gasteiger partial charge in [0.05, 0.1) is 19.3 Å². The highest BCUT2D eigenvalue weighted by molar-refractivity contribution is 5.84. The summed E-state index contributed by atoms with van der Waals surface area (Å²) in [5.74, 6) is -0.423. The molecular formula is C13H19NO4. The molecular weight excluding hydrogens is 234 g/mol. The fraction of sp³-hybridized carbons (Fsp3) is 0.615. The Morgan fingerprint density at radius 3 is 2.89 bits per heavy atom. The van der Waals surface area contributed by atoms with E-state index in [1.165, 1.54) is 31.7 Å². The van der Waals surface area contributed by atoms with Crippen molar-refractivity contribution in [3.63, 3.8) is 0 Å². The predicted molar refractivity (Wildman–Crippen MR) is 65.6 cm³/mol. The molecule has 1 aromatic rings. The number of hydrogen-bond acceptors (Lipinski definition) is 4. The molecule has 1 fully saturated rings. The van der Waals surface area contributed by atoms with Crippen LogP contribution in [0.2, 0.25) is 0 Å². The van der Waals surface area contributed by atoms with E-state index in [4.69, 9.17) is 14.3 Å². The average molecular weight is 253 g/mol. The molecule has 2 N–H and O–H groups in total. The van der Waals surface area contributed by atoms with Gasteiger partial charge in [-0.15, -0.1) is 0 Å². The van der Waals surface area contributed by atoms with Crippen molar-refractivity contribution >= 4 is 5.97 Å². The molecule has 0 atom stereocenters. The number of carbonyl (C=O) groups is 1. The van der Waals surface area contributed by atoms with Crippen LogP contribution in [0.15, 0.2) is 16.5 Å². The van der Waals surface area contributed by atoms with E-state index in [0.29, 0.717) is 25.0 Å². The molecule has 0 saturated heterocycles. The highest BCUT2D eigenvalue weighted by Gasteiger charge is 2.14. The van der Waals surface area contributed by atoms with Crippen molar-refractivity contribution in [2.24, 2.45) is 0 Å². The van der Waals surface area contributed by atoms with Gasteiger partial charge in [0.1, 0.15) is 5.76 Å². The highest BCUT2D eigenvalue weighted by atomic mass is 16.5. The largest absolute Gasteiger partial charge is 0.475 e. The molecule has 1 aromatic heterocycles. The molecule has 2 rings (SSSR count). The third kappa shape index (κ3) is 3.85. The van der Waals surface area contributed by atoms with E-state index >= 15 is 0 Å². The molecule has 0 bridgehead atoms. The minimum atomic E-state index is -1.04. The summed E-state index contributed by atoms with van der Waals surface area (Å²) >= 11 is 0. The van der Waals surface area contributed by atoms with Crippen molar-refractivity contribution in [1.82, 2.24) is 5.32 Å². The molecule has 5 heteroatoms. The molecule has 0 amide bonds. The average Bonchev–Trinajstić information content (AvgIpc) is 2.98. The van der Waals surface area contributed by atoms with Crippen LogP contribution in [0, 0.1) is 0 Å². The van der Waals surface area contributed by atoms with Gasteiger partial charge in [0, 0.05) is 6.54 Å². The first-order valence-electron chi connectivity index (χ1n) is 6.40. The molecule has 0 radical (unpaired) electrons. The summed E-state index contributed by atoms with van der Waals surface area (Å²) in [6.07, 6.45) is 5.36. The molecule has 100 valence electrons. The summed E-state index contributed by atoms with van der Waals surface area (Å²) in [5, 5.41) is 11.9. The van der Waals surface area contributed by atoms with Crippen LogP contribution in [0.25, 0.3) is 0 Å². The SMILES string of the molecule is O=C(O)c1ccc(CNCCOC2CCCC2)o1. The van der Waals surface area contributed by atoms with Gasteiger partial charge in [-0.25, -0.2) is 4.79 Å². The third-order valence-corrected chi connectivity index (χ3v) is 3.11. The molecule has 1 aliphatic rings. The van der Waals surface area contributed by atoms with E-state index in [1.54, 1.807) is 6.07 Å². The third-order valence-electron chi connectivity index (χ3n) is 3.11. The van der Waals surface area contributed by atoms with Gasteiger partial charge in [0.15, 0.2) is 0 Å². The van der Waals surface area contributed by atoms with Gasteiger partial charge >= 0.3 is 5.97 Å². The summed E-state index contributed by atoms with van der Waals surface area (Å²) in [5.41, 5.74) is 0. The minimum absolute atomic E-state index is 0.0194. The highest BCUT2D eigenvalue weighted by Crippen LogP contribution is 2.20. The van der Waals surface area contributed by atoms with Crippen LogP contribution in [0.1, 0.15) is 42.0 Å². The van der Waals surface area contributed by atoms with Gasteiger partial charge in [0.25, 0.3) is 0 Å². The number of carboxylic acid groups (broad SMARTS) is 1. The number of aromatic carboxylic acids is 1. The molecule has 18 heavy (non-hydrogen) atoms. The Balaban J connectivity index is 1.58. The fourth-order valence-corrected chi connectivity index (χ4v) is 2.15. The minimum Gasteiger partial charge on any atom is -0.475 e. The van der Waals surface area contributed by atoms with E-state index in [2.05, 4.69) is 5.32 Å². The lowest BCUT2D eigenvalue weighted by Crippen LogP contribution is -2.21. The quantitative estimate of drug-likeness (QED) is 0.727. The van der Waals surface area contributed by atoms with Crippen LogP contribution in [-0.2, 0) is 11.3 Å². The lowest BCUT2D eigenvalue weighted by atomic mass is 10.3. The van der Waals surface area contributed by atoms with E-state index in [0.717, 1.165) is 6.54 Å². The monoisotopic (exact) mass is 253 g/mol. The van der Waals surface area contributed by atoms with Crippen molar-refractivity contribution in [2.75, 3.05) is 13.2 Å². The second-order valence-electron chi connectivity index (χ2n) is 4.53. The summed E-state index contributed by atoms with van der Waals surface area (Å²) in [6, 6.07) is 3.14. The van der Waals surface area contributed by atoms with Gasteiger partial charge in [-0.2, -0.15) is 0 Å². The molecule has 0 unspecified atom stereocenters. The maximum absolute atomic E-state index is 10.6. The number of nitrogens with one attached hydrogen (secondary N) is 1. The van der Waals surface area contributed by atoms with Gasteiger partial charge in [-0.1, -0.05) is 12.8 Å². The molecule has 1 heterocycles. The molecule has 1 saturated carbocycles. The molecule has 1 aliphatic carbocycles. The topological polar surface area (TPSA) is 71.7 Å². The fourth-order valence-electron chi connectivity index (χ4n) is 2.15. The molecule has 0 spiro atoms. The van der Waals surface area contributed by atoms with Crippen molar-refractivity contribution in [1.29, 1.82) is 0 Å². The van der Waals surface area contributed by atoms with Gasteiger partial charge in [0.2, 0.25) is 5.76 Å². The first-order chi connectivity index (χ1) is 8.75. The van der Waals surface area contributed by atoms with Crippen LogP contribution in [0.3, 0.4) is 0 Å². The predicted octanol–water partition coefficient (Wildman–Crippen LogP) is 2.03. The Kier molecular flexibility index (Phi) is 4.78. The van der Waals surface area contributed by atoms with Crippen LogP contribution >= 0.6 is 0 Å². The van der Waals surface area contributed by atoms with Crippen LogP contribution < -0.4 is 5.32 Å². The normalized spacial score (nSPS) is 16.2. The standard InChI is InChI=1S/C13H19NO4/c15-13(16)12-6-5-11(18-12)9-14-7-8-17-10-3-1-2-4-10/h5-6,10,14H,1-4,7-9H2,(H,15,16). The lowest BCUT2D eigenvalue weighted by Gasteiger charge is -2.10. The van der Waals surface area contributed by atoms with Gasteiger partial charge in [-0.05, 0) is 25.0 Å². The number of hydrogen-bond donors (Lipinski definition) is 2. The molecule has 0 aliphatic heterocycles. The lowest BCUT2D eigenvalue weighted by molar-refractivity contribution is 0.0598. The molecule has 5 nitrogen and oxygen atoms in total. The summed E-state index contributed by atoms with van der Waals surface area (Å²) < 4.78 is 10.8. The Morgan fingerprint density at radius 1 is 1.44 bits per heavy atom. The second kappa shape index (κ2) is 6.56. The number of rotatable bonds is 7. The summed E-state index contributed by atoms with van der Waals surface area (Å²) in [7, 11) is 0. The van der Waals surface area contributed by atoms with Crippen molar-refractivity contribution in [2.45, 2.75) is 38.3 Å². The smallest absolute Gasteiger partial charge is 0.371 e.